The lowest BCUT2D eigenvalue weighted by molar-refractivity contribution is 0.405. The third-order valence-electron chi connectivity index (χ3n) is 4.13. The van der Waals surface area contributed by atoms with Crippen LogP contribution in [0.15, 0.2) is 53.7 Å². The van der Waals surface area contributed by atoms with E-state index in [1.165, 1.54) is 5.56 Å². The third kappa shape index (κ3) is 2.74. The van der Waals surface area contributed by atoms with Crippen LogP contribution < -0.4 is 15.8 Å². The van der Waals surface area contributed by atoms with Crippen molar-refractivity contribution in [2.24, 2.45) is 10.7 Å². The number of nitrogens with one attached hydrogen (secondary N) is 1. The molecule has 1 aromatic carbocycles. The van der Waals surface area contributed by atoms with E-state index in [4.69, 9.17) is 10.5 Å². The van der Waals surface area contributed by atoms with Crippen molar-refractivity contribution < 1.29 is 4.74 Å². The summed E-state index contributed by atoms with van der Waals surface area (Å²) in [6.07, 6.45) is 2.67. The number of guanidine groups is 1. The molecule has 0 saturated heterocycles. The van der Waals surface area contributed by atoms with Crippen LogP contribution in [0, 0.1) is 0 Å². The Kier molecular flexibility index (Phi) is 3.71. The van der Waals surface area contributed by atoms with E-state index in [1.807, 2.05) is 36.4 Å². The van der Waals surface area contributed by atoms with Gasteiger partial charge < -0.3 is 15.8 Å². The molecule has 114 valence electrons. The van der Waals surface area contributed by atoms with Gasteiger partial charge in [-0.3, -0.25) is 0 Å². The third-order valence-corrected chi connectivity index (χ3v) is 4.13. The minimum atomic E-state index is -0.0248. The number of aliphatic imine (C=N–C) groups is 1. The summed E-state index contributed by atoms with van der Waals surface area (Å²) in [5.74, 6) is 1.99. The van der Waals surface area contributed by atoms with E-state index in [0.717, 1.165) is 12.2 Å². The molecule has 1 aliphatic rings. The Labute approximate surface area is 130 Å². The number of hydrogen-bond acceptors (Lipinski definition) is 3. The second-order valence-corrected chi connectivity index (χ2v) is 5.69. The molecule has 1 aliphatic carbocycles. The van der Waals surface area contributed by atoms with Gasteiger partial charge >= 0.3 is 0 Å². The van der Waals surface area contributed by atoms with Crippen molar-refractivity contribution in [2.45, 2.75) is 24.8 Å². The monoisotopic (exact) mass is 296 g/mol. The summed E-state index contributed by atoms with van der Waals surface area (Å²) >= 11 is 0. The Morgan fingerprint density at radius 2 is 2.09 bits per heavy atom. The van der Waals surface area contributed by atoms with Gasteiger partial charge in [0.25, 0.3) is 0 Å². The molecule has 0 radical (unpaired) electrons. The summed E-state index contributed by atoms with van der Waals surface area (Å²) in [5, 5.41) is 3.02. The number of pyridine rings is 1. The number of anilines is 1. The molecule has 22 heavy (non-hydrogen) atoms. The average molecular weight is 296 g/mol. The van der Waals surface area contributed by atoms with Crippen molar-refractivity contribution in [3.8, 4) is 5.75 Å². The number of para-hydroxylation sites is 1. The highest BCUT2D eigenvalue weighted by atomic mass is 16.5. The molecule has 3 rings (SSSR count). The standard InChI is InChI=1S/C17H20N4O/c1-17(12-7-3-4-8-13(12)22-2)11-14(17)20-16(18)21-15-9-5-6-10-19-15/h3-10,14H,11H2,1-2H3,(H3,18,19,20,21). The highest BCUT2D eigenvalue weighted by Gasteiger charge is 2.53. The zero-order valence-corrected chi connectivity index (χ0v) is 12.8. The summed E-state index contributed by atoms with van der Waals surface area (Å²) in [4.78, 5) is 8.75. The summed E-state index contributed by atoms with van der Waals surface area (Å²) < 4.78 is 5.46. The van der Waals surface area contributed by atoms with Gasteiger partial charge in [-0.05, 0) is 24.6 Å². The van der Waals surface area contributed by atoms with Gasteiger partial charge in [-0.2, -0.15) is 0 Å². The number of methoxy groups -OCH3 is 1. The van der Waals surface area contributed by atoms with Crippen molar-refractivity contribution in [1.29, 1.82) is 0 Å². The molecule has 1 aromatic heterocycles. The maximum Gasteiger partial charge on any atom is 0.194 e. The number of hydrogen-bond donors (Lipinski definition) is 2. The molecule has 1 saturated carbocycles. The van der Waals surface area contributed by atoms with Crippen molar-refractivity contribution in [3.05, 3.63) is 54.2 Å². The smallest absolute Gasteiger partial charge is 0.194 e. The van der Waals surface area contributed by atoms with Gasteiger partial charge in [0.05, 0.1) is 13.2 Å². The molecule has 5 nitrogen and oxygen atoms in total. The number of aromatic nitrogens is 1. The molecule has 1 heterocycles. The lowest BCUT2D eigenvalue weighted by Crippen LogP contribution is -2.24. The zero-order valence-electron chi connectivity index (χ0n) is 12.8. The van der Waals surface area contributed by atoms with Gasteiger partial charge in [0.15, 0.2) is 5.96 Å². The molecule has 3 N–H and O–H groups in total. The van der Waals surface area contributed by atoms with E-state index in [9.17, 15) is 0 Å². The molecule has 0 bridgehead atoms. The molecule has 5 heteroatoms. The summed E-state index contributed by atoms with van der Waals surface area (Å²) in [5.41, 5.74) is 7.14. The largest absolute Gasteiger partial charge is 0.496 e. The fraction of sp³-hybridized carbons (Fsp3) is 0.294. The summed E-state index contributed by atoms with van der Waals surface area (Å²) in [6.45, 7) is 2.19. The fourth-order valence-electron chi connectivity index (χ4n) is 2.70. The van der Waals surface area contributed by atoms with E-state index < -0.39 is 0 Å². The van der Waals surface area contributed by atoms with Crippen molar-refractivity contribution >= 4 is 11.8 Å². The molecule has 1 fully saturated rings. The maximum atomic E-state index is 5.98. The number of rotatable bonds is 4. The predicted octanol–water partition coefficient (Wildman–Crippen LogP) is 2.55. The first kappa shape index (κ1) is 14.4. The normalized spacial score (nSPS) is 23.9. The van der Waals surface area contributed by atoms with Gasteiger partial charge in [0.2, 0.25) is 0 Å². The fourth-order valence-corrected chi connectivity index (χ4v) is 2.70. The molecule has 0 spiro atoms. The predicted molar refractivity (Wildman–Crippen MR) is 88.2 cm³/mol. The quantitative estimate of drug-likeness (QED) is 0.672. The van der Waals surface area contributed by atoms with Gasteiger partial charge in [0.1, 0.15) is 11.6 Å². The first-order valence-corrected chi connectivity index (χ1v) is 7.28. The molecular formula is C17H20N4O. The van der Waals surface area contributed by atoms with Crippen LogP contribution in [0.3, 0.4) is 0 Å². The van der Waals surface area contributed by atoms with Crippen LogP contribution in [-0.4, -0.2) is 24.1 Å². The highest BCUT2D eigenvalue weighted by Crippen LogP contribution is 2.52. The Morgan fingerprint density at radius 3 is 2.82 bits per heavy atom. The first-order chi connectivity index (χ1) is 10.6. The molecule has 0 amide bonds. The van der Waals surface area contributed by atoms with Crippen LogP contribution in [-0.2, 0) is 5.41 Å². The van der Waals surface area contributed by atoms with Gasteiger partial charge in [0, 0.05) is 17.2 Å². The van der Waals surface area contributed by atoms with E-state index in [0.29, 0.717) is 11.8 Å². The minimum absolute atomic E-state index is 0.0248. The number of ether oxygens (including phenoxy) is 1. The van der Waals surface area contributed by atoms with Crippen molar-refractivity contribution in [2.75, 3.05) is 12.4 Å². The second-order valence-electron chi connectivity index (χ2n) is 5.69. The second kappa shape index (κ2) is 5.67. The number of benzene rings is 1. The molecular weight excluding hydrogens is 276 g/mol. The molecule has 0 aliphatic heterocycles. The number of nitrogens with zero attached hydrogens (tertiary/aromatic N) is 2. The summed E-state index contributed by atoms with van der Waals surface area (Å²) in [6, 6.07) is 13.8. The lowest BCUT2D eigenvalue weighted by Gasteiger charge is -2.14. The Balaban J connectivity index is 1.74. The van der Waals surface area contributed by atoms with Crippen LogP contribution in [0.25, 0.3) is 0 Å². The van der Waals surface area contributed by atoms with Gasteiger partial charge in [-0.1, -0.05) is 31.2 Å². The molecule has 2 atom stereocenters. The maximum absolute atomic E-state index is 5.98. The number of nitrogens with two attached hydrogens (primary N) is 1. The van der Waals surface area contributed by atoms with E-state index in [-0.39, 0.29) is 11.5 Å². The van der Waals surface area contributed by atoms with Crippen LogP contribution in [0.1, 0.15) is 18.9 Å². The Morgan fingerprint density at radius 1 is 1.32 bits per heavy atom. The van der Waals surface area contributed by atoms with Gasteiger partial charge in [-0.15, -0.1) is 0 Å². The van der Waals surface area contributed by atoms with Crippen LogP contribution in [0.5, 0.6) is 5.75 Å². The van der Waals surface area contributed by atoms with Crippen molar-refractivity contribution in [1.82, 2.24) is 4.98 Å². The van der Waals surface area contributed by atoms with Crippen LogP contribution >= 0.6 is 0 Å². The zero-order chi connectivity index (χ0) is 15.6. The average Bonchev–Trinajstić information content (AvgIpc) is 3.19. The molecule has 2 aromatic rings. The van der Waals surface area contributed by atoms with E-state index in [1.54, 1.807) is 13.3 Å². The lowest BCUT2D eigenvalue weighted by atomic mass is 9.96. The van der Waals surface area contributed by atoms with Gasteiger partial charge in [-0.25, -0.2) is 9.98 Å². The van der Waals surface area contributed by atoms with Crippen LogP contribution in [0.4, 0.5) is 5.82 Å². The van der Waals surface area contributed by atoms with E-state index >= 15 is 0 Å². The first-order valence-electron chi connectivity index (χ1n) is 7.28. The van der Waals surface area contributed by atoms with Crippen LogP contribution in [0.2, 0.25) is 0 Å². The Bertz CT molecular complexity index is 686. The van der Waals surface area contributed by atoms with Crippen molar-refractivity contribution in [3.63, 3.8) is 0 Å². The summed E-state index contributed by atoms with van der Waals surface area (Å²) in [7, 11) is 1.69. The SMILES string of the molecule is COc1ccccc1C1(C)CC1N=C(N)Nc1ccccn1. The highest BCUT2D eigenvalue weighted by molar-refractivity contribution is 5.91. The van der Waals surface area contributed by atoms with E-state index in [2.05, 4.69) is 28.3 Å². The minimum Gasteiger partial charge on any atom is -0.496 e. The Hall–Kier alpha value is -2.56. The molecule has 2 unspecified atom stereocenters. The topological polar surface area (TPSA) is 72.5 Å².